The molecule has 0 saturated heterocycles. The Morgan fingerprint density at radius 2 is 1.80 bits per heavy atom. The number of Topliss-reactive ketones (excluding diaryl/α,β-unsaturated/α-hetero) is 1. The zero-order valence-corrected chi connectivity index (χ0v) is 18.0. The second kappa shape index (κ2) is 7.95. The van der Waals surface area contributed by atoms with Crippen LogP contribution in [0, 0.1) is 5.82 Å². The Morgan fingerprint density at radius 3 is 2.50 bits per heavy atom. The van der Waals surface area contributed by atoms with E-state index >= 15 is 0 Å². The van der Waals surface area contributed by atoms with E-state index in [0.29, 0.717) is 20.7 Å². The number of amides is 1. The first-order chi connectivity index (χ1) is 14.3. The molecule has 1 aliphatic rings. The molecule has 0 radical (unpaired) electrons. The molecule has 1 heterocycles. The quantitative estimate of drug-likeness (QED) is 0.499. The molecule has 1 N–H and O–H groups in total. The van der Waals surface area contributed by atoms with Gasteiger partial charge < -0.3 is 10.0 Å². The van der Waals surface area contributed by atoms with Crippen LogP contribution in [0.1, 0.15) is 27.9 Å². The number of ketones is 1. The average Bonchev–Trinajstić information content (AvgIpc) is 2.91. The van der Waals surface area contributed by atoms with Crippen LogP contribution in [0.25, 0.3) is 0 Å². The van der Waals surface area contributed by atoms with E-state index in [4.69, 9.17) is 11.6 Å². The third kappa shape index (κ3) is 3.67. The number of benzene rings is 3. The summed E-state index contributed by atoms with van der Waals surface area (Å²) < 4.78 is 13.9. The monoisotopic (exact) mass is 487 g/mol. The standard InChI is InChI=1S/C23H16BrClFNO3/c24-16-7-10-20-18(11-16)23(30,12-21(28)14-5-8-17(26)9-6-14)22(29)27(20)13-15-3-1-2-4-19(15)25/h1-11,30H,12-13H2/t23-/m1/s1. The lowest BCUT2D eigenvalue weighted by atomic mass is 9.88. The van der Waals surface area contributed by atoms with Crippen molar-refractivity contribution in [1.29, 1.82) is 0 Å². The SMILES string of the molecule is O=C(C[C@]1(O)C(=O)N(Cc2ccccc2Cl)c2ccc(Br)cc21)c1ccc(F)cc1. The van der Waals surface area contributed by atoms with Crippen LogP contribution in [0.2, 0.25) is 5.02 Å². The highest BCUT2D eigenvalue weighted by atomic mass is 79.9. The summed E-state index contributed by atoms with van der Waals surface area (Å²) in [6, 6.07) is 17.3. The number of hydrogen-bond donors (Lipinski definition) is 1. The van der Waals surface area contributed by atoms with E-state index in [1.807, 2.05) is 6.07 Å². The van der Waals surface area contributed by atoms with Crippen LogP contribution in [0.5, 0.6) is 0 Å². The molecule has 0 unspecified atom stereocenters. The first-order valence-corrected chi connectivity index (χ1v) is 10.3. The van der Waals surface area contributed by atoms with Crippen molar-refractivity contribution < 1.29 is 19.1 Å². The lowest BCUT2D eigenvalue weighted by molar-refractivity contribution is -0.136. The molecule has 3 aromatic rings. The number of aliphatic hydroxyl groups is 1. The molecular formula is C23H16BrClFNO3. The van der Waals surface area contributed by atoms with Crippen molar-refractivity contribution in [3.8, 4) is 0 Å². The van der Waals surface area contributed by atoms with Crippen molar-refractivity contribution in [1.82, 2.24) is 0 Å². The zero-order chi connectivity index (χ0) is 21.5. The van der Waals surface area contributed by atoms with Crippen LogP contribution >= 0.6 is 27.5 Å². The number of anilines is 1. The molecule has 4 nitrogen and oxygen atoms in total. The zero-order valence-electron chi connectivity index (χ0n) is 15.6. The molecule has 3 aromatic carbocycles. The van der Waals surface area contributed by atoms with Gasteiger partial charge in [-0.25, -0.2) is 4.39 Å². The third-order valence-electron chi connectivity index (χ3n) is 5.16. The molecular weight excluding hydrogens is 473 g/mol. The molecule has 0 fully saturated rings. The van der Waals surface area contributed by atoms with E-state index in [9.17, 15) is 19.1 Å². The molecule has 7 heteroatoms. The van der Waals surface area contributed by atoms with Gasteiger partial charge in [-0.3, -0.25) is 9.59 Å². The molecule has 0 spiro atoms. The molecule has 1 atom stereocenters. The molecule has 0 saturated carbocycles. The summed E-state index contributed by atoms with van der Waals surface area (Å²) in [6.45, 7) is 0.153. The topological polar surface area (TPSA) is 57.6 Å². The molecule has 30 heavy (non-hydrogen) atoms. The maximum absolute atomic E-state index is 13.3. The Morgan fingerprint density at radius 1 is 1.10 bits per heavy atom. The summed E-state index contributed by atoms with van der Waals surface area (Å²) in [6.07, 6.45) is -0.458. The van der Waals surface area contributed by atoms with Gasteiger partial charge in [0.2, 0.25) is 0 Å². The van der Waals surface area contributed by atoms with Gasteiger partial charge in [0.05, 0.1) is 18.7 Å². The van der Waals surface area contributed by atoms with Gasteiger partial charge in [-0.2, -0.15) is 0 Å². The number of rotatable bonds is 5. The van der Waals surface area contributed by atoms with Gasteiger partial charge in [-0.05, 0) is 54.1 Å². The van der Waals surface area contributed by atoms with E-state index in [2.05, 4.69) is 15.9 Å². The highest BCUT2D eigenvalue weighted by Gasteiger charge is 2.51. The minimum absolute atomic E-state index is 0.153. The summed E-state index contributed by atoms with van der Waals surface area (Å²) in [5.41, 5.74) is -0.248. The summed E-state index contributed by atoms with van der Waals surface area (Å²) in [5, 5.41) is 11.9. The van der Waals surface area contributed by atoms with Gasteiger partial charge in [0.25, 0.3) is 5.91 Å². The molecule has 1 amide bonds. The molecule has 0 aromatic heterocycles. The van der Waals surface area contributed by atoms with E-state index in [1.54, 1.807) is 36.4 Å². The Balaban J connectivity index is 1.72. The molecule has 152 valence electrons. The minimum atomic E-state index is -2.04. The van der Waals surface area contributed by atoms with Gasteiger partial charge in [0.15, 0.2) is 11.4 Å². The van der Waals surface area contributed by atoms with Gasteiger partial charge >= 0.3 is 0 Å². The van der Waals surface area contributed by atoms with Crippen molar-refractivity contribution in [2.45, 2.75) is 18.6 Å². The van der Waals surface area contributed by atoms with Crippen molar-refractivity contribution in [3.05, 3.63) is 98.7 Å². The van der Waals surface area contributed by atoms with E-state index in [1.165, 1.54) is 29.2 Å². The largest absolute Gasteiger partial charge is 0.375 e. The summed E-state index contributed by atoms with van der Waals surface area (Å²) in [4.78, 5) is 27.6. The number of hydrogen-bond acceptors (Lipinski definition) is 3. The Kier molecular flexibility index (Phi) is 5.49. The van der Waals surface area contributed by atoms with Crippen molar-refractivity contribution >= 4 is 44.9 Å². The van der Waals surface area contributed by atoms with Crippen LogP contribution in [0.15, 0.2) is 71.2 Å². The van der Waals surface area contributed by atoms with Crippen LogP contribution in [-0.4, -0.2) is 16.8 Å². The van der Waals surface area contributed by atoms with Crippen molar-refractivity contribution in [3.63, 3.8) is 0 Å². The Labute approximate surface area is 186 Å². The molecule has 4 rings (SSSR count). The van der Waals surface area contributed by atoms with Crippen molar-refractivity contribution in [2.75, 3.05) is 4.90 Å². The Hall–Kier alpha value is -2.54. The average molecular weight is 489 g/mol. The van der Waals surface area contributed by atoms with E-state index in [-0.39, 0.29) is 12.1 Å². The highest BCUT2D eigenvalue weighted by Crippen LogP contribution is 2.45. The first-order valence-electron chi connectivity index (χ1n) is 9.16. The molecule has 0 aliphatic carbocycles. The Bertz CT molecular complexity index is 1150. The predicted molar refractivity (Wildman–Crippen MR) is 116 cm³/mol. The van der Waals surface area contributed by atoms with Crippen LogP contribution in [-0.2, 0) is 16.9 Å². The fraction of sp³-hybridized carbons (Fsp3) is 0.130. The summed E-state index contributed by atoms with van der Waals surface area (Å²) in [5.74, 6) is -1.54. The molecule has 1 aliphatic heterocycles. The maximum atomic E-state index is 13.3. The highest BCUT2D eigenvalue weighted by molar-refractivity contribution is 9.10. The number of nitrogens with zero attached hydrogens (tertiary/aromatic N) is 1. The minimum Gasteiger partial charge on any atom is -0.375 e. The third-order valence-corrected chi connectivity index (χ3v) is 6.02. The van der Waals surface area contributed by atoms with Gasteiger partial charge in [0, 0.05) is 20.6 Å². The van der Waals surface area contributed by atoms with Gasteiger partial charge in [-0.15, -0.1) is 0 Å². The van der Waals surface area contributed by atoms with Gasteiger partial charge in [0.1, 0.15) is 5.82 Å². The fourth-order valence-corrected chi connectivity index (χ4v) is 4.17. The molecule has 0 bridgehead atoms. The van der Waals surface area contributed by atoms with Crippen molar-refractivity contribution in [2.24, 2.45) is 0 Å². The second-order valence-corrected chi connectivity index (χ2v) is 8.43. The normalized spacial score (nSPS) is 17.9. The second-order valence-electron chi connectivity index (χ2n) is 7.11. The number of carbonyl (C=O) groups is 2. The van der Waals surface area contributed by atoms with Crippen LogP contribution in [0.4, 0.5) is 10.1 Å². The van der Waals surface area contributed by atoms with Crippen LogP contribution in [0.3, 0.4) is 0 Å². The predicted octanol–water partition coefficient (Wildman–Crippen LogP) is 5.25. The van der Waals surface area contributed by atoms with Crippen LogP contribution < -0.4 is 4.90 Å². The lowest BCUT2D eigenvalue weighted by Gasteiger charge is -2.23. The summed E-state index contributed by atoms with van der Waals surface area (Å²) in [7, 11) is 0. The first kappa shape index (κ1) is 20.7. The van der Waals surface area contributed by atoms with E-state index in [0.717, 1.165) is 5.56 Å². The van der Waals surface area contributed by atoms with Gasteiger partial charge in [-0.1, -0.05) is 45.7 Å². The number of carbonyl (C=O) groups excluding carboxylic acids is 2. The number of fused-ring (bicyclic) bond motifs is 1. The maximum Gasteiger partial charge on any atom is 0.264 e. The number of halogens is 3. The summed E-state index contributed by atoms with van der Waals surface area (Å²) >= 11 is 9.62. The fourth-order valence-electron chi connectivity index (χ4n) is 3.62. The smallest absolute Gasteiger partial charge is 0.264 e. The van der Waals surface area contributed by atoms with E-state index < -0.39 is 29.5 Å². The lowest BCUT2D eigenvalue weighted by Crippen LogP contribution is -2.41.